The number of nitrogens with one attached hydrogen (secondary N) is 1. The van der Waals surface area contributed by atoms with E-state index < -0.39 is 0 Å². The molecule has 1 aliphatic carbocycles. The molecule has 3 nitrogen and oxygen atoms in total. The van der Waals surface area contributed by atoms with Crippen LogP contribution in [-0.4, -0.2) is 28.1 Å². The molecule has 2 rings (SSSR count). The van der Waals surface area contributed by atoms with Gasteiger partial charge in [0.25, 0.3) is 0 Å². The van der Waals surface area contributed by atoms with Gasteiger partial charge in [0.1, 0.15) is 0 Å². The third-order valence-corrected chi connectivity index (χ3v) is 5.65. The summed E-state index contributed by atoms with van der Waals surface area (Å²) in [5, 5.41) is 9.96. The molecule has 19 heavy (non-hydrogen) atoms. The standard InChI is InChI=1S/C15H27N3S/c1-5-6-12-7-8-13(16-3)14(10-12)19-15-9-11(2)17-18(15)4/h9,12-14,16H,5-8,10H2,1-4H3. The highest BCUT2D eigenvalue weighted by molar-refractivity contribution is 7.99. The summed E-state index contributed by atoms with van der Waals surface area (Å²) in [6, 6.07) is 2.86. The minimum absolute atomic E-state index is 0.647. The Balaban J connectivity index is 2.03. The summed E-state index contributed by atoms with van der Waals surface area (Å²) in [5.74, 6) is 0.918. The zero-order valence-corrected chi connectivity index (χ0v) is 13.5. The van der Waals surface area contributed by atoms with Crippen molar-refractivity contribution in [1.29, 1.82) is 0 Å². The second-order valence-corrected chi connectivity index (χ2v) is 7.03. The maximum absolute atomic E-state index is 4.46. The van der Waals surface area contributed by atoms with E-state index in [-0.39, 0.29) is 0 Å². The first kappa shape index (κ1) is 14.9. The van der Waals surface area contributed by atoms with Gasteiger partial charge in [-0.25, -0.2) is 0 Å². The fraction of sp³-hybridized carbons (Fsp3) is 0.800. The first-order valence-electron chi connectivity index (χ1n) is 7.48. The summed E-state index contributed by atoms with van der Waals surface area (Å²) < 4.78 is 2.02. The highest BCUT2D eigenvalue weighted by Crippen LogP contribution is 2.38. The molecule has 1 N–H and O–H groups in total. The van der Waals surface area contributed by atoms with Crippen LogP contribution < -0.4 is 5.32 Å². The molecule has 1 saturated carbocycles. The Morgan fingerprint density at radius 3 is 2.84 bits per heavy atom. The fourth-order valence-corrected chi connectivity index (χ4v) is 4.74. The molecule has 0 saturated heterocycles. The Morgan fingerprint density at radius 1 is 1.47 bits per heavy atom. The van der Waals surface area contributed by atoms with E-state index in [9.17, 15) is 0 Å². The average Bonchev–Trinajstić information content (AvgIpc) is 2.69. The van der Waals surface area contributed by atoms with Gasteiger partial charge >= 0.3 is 0 Å². The lowest BCUT2D eigenvalue weighted by Gasteiger charge is -2.35. The van der Waals surface area contributed by atoms with Gasteiger partial charge in [-0.3, -0.25) is 4.68 Å². The van der Waals surface area contributed by atoms with Crippen molar-refractivity contribution in [2.75, 3.05) is 7.05 Å². The lowest BCUT2D eigenvalue weighted by molar-refractivity contribution is 0.295. The molecule has 0 spiro atoms. The molecule has 3 atom stereocenters. The van der Waals surface area contributed by atoms with Crippen molar-refractivity contribution in [3.05, 3.63) is 11.8 Å². The summed E-state index contributed by atoms with van der Waals surface area (Å²) in [6.07, 6.45) is 6.75. The molecule has 0 amide bonds. The molecule has 0 bridgehead atoms. The van der Waals surface area contributed by atoms with Gasteiger partial charge in [-0.1, -0.05) is 19.8 Å². The smallest absolute Gasteiger partial charge is 0.0942 e. The van der Waals surface area contributed by atoms with E-state index in [0.29, 0.717) is 11.3 Å². The Bertz CT molecular complexity index is 402. The lowest BCUT2D eigenvalue weighted by atomic mass is 9.83. The molecule has 1 heterocycles. The lowest BCUT2D eigenvalue weighted by Crippen LogP contribution is -2.40. The summed E-state index contributed by atoms with van der Waals surface area (Å²) in [6.45, 7) is 4.37. The van der Waals surface area contributed by atoms with Crippen molar-refractivity contribution in [3.8, 4) is 0 Å². The SMILES string of the molecule is CCCC1CCC(NC)C(Sc2cc(C)nn2C)C1. The maximum Gasteiger partial charge on any atom is 0.0942 e. The Morgan fingerprint density at radius 2 is 2.26 bits per heavy atom. The van der Waals surface area contributed by atoms with Gasteiger partial charge in [-0.05, 0) is 45.2 Å². The van der Waals surface area contributed by atoms with E-state index in [2.05, 4.69) is 44.4 Å². The van der Waals surface area contributed by atoms with Crippen LogP contribution in [0.15, 0.2) is 11.1 Å². The highest BCUT2D eigenvalue weighted by Gasteiger charge is 2.30. The van der Waals surface area contributed by atoms with Gasteiger partial charge in [0.2, 0.25) is 0 Å². The molecule has 108 valence electrons. The molecule has 1 fully saturated rings. The van der Waals surface area contributed by atoms with Crippen molar-refractivity contribution < 1.29 is 0 Å². The molecule has 0 aliphatic heterocycles. The highest BCUT2D eigenvalue weighted by atomic mass is 32.2. The minimum atomic E-state index is 0.647. The number of hydrogen-bond acceptors (Lipinski definition) is 3. The number of nitrogens with zero attached hydrogens (tertiary/aromatic N) is 2. The molecule has 1 aromatic rings. The first-order valence-corrected chi connectivity index (χ1v) is 8.36. The Labute approximate surface area is 121 Å². The van der Waals surface area contributed by atoms with Crippen molar-refractivity contribution in [1.82, 2.24) is 15.1 Å². The number of hydrogen-bond donors (Lipinski definition) is 1. The minimum Gasteiger partial charge on any atom is -0.316 e. The largest absolute Gasteiger partial charge is 0.316 e. The number of thioether (sulfide) groups is 1. The van der Waals surface area contributed by atoms with Crippen LogP contribution in [0.25, 0.3) is 0 Å². The number of aromatic nitrogens is 2. The number of aryl methyl sites for hydroxylation is 2. The van der Waals surface area contributed by atoms with Crippen molar-refractivity contribution in [2.45, 2.75) is 62.3 Å². The molecule has 3 unspecified atom stereocenters. The predicted molar refractivity (Wildman–Crippen MR) is 82.7 cm³/mol. The zero-order valence-electron chi connectivity index (χ0n) is 12.6. The van der Waals surface area contributed by atoms with E-state index in [1.54, 1.807) is 0 Å². The van der Waals surface area contributed by atoms with Gasteiger partial charge < -0.3 is 5.32 Å². The van der Waals surface area contributed by atoms with E-state index in [1.165, 1.54) is 37.1 Å². The van der Waals surface area contributed by atoms with Crippen LogP contribution in [-0.2, 0) is 7.05 Å². The van der Waals surface area contributed by atoms with Crippen LogP contribution >= 0.6 is 11.8 Å². The van der Waals surface area contributed by atoms with Gasteiger partial charge in [-0.15, -0.1) is 11.8 Å². The third-order valence-electron chi connectivity index (χ3n) is 4.20. The second-order valence-electron chi connectivity index (χ2n) is 5.77. The average molecular weight is 281 g/mol. The van der Waals surface area contributed by atoms with Crippen LogP contribution in [0.3, 0.4) is 0 Å². The van der Waals surface area contributed by atoms with Gasteiger partial charge in [0, 0.05) is 18.3 Å². The molecular formula is C15H27N3S. The zero-order chi connectivity index (χ0) is 13.8. The monoisotopic (exact) mass is 281 g/mol. The quantitative estimate of drug-likeness (QED) is 0.897. The van der Waals surface area contributed by atoms with Crippen molar-refractivity contribution in [2.24, 2.45) is 13.0 Å². The topological polar surface area (TPSA) is 29.9 Å². The molecule has 1 aromatic heterocycles. The third kappa shape index (κ3) is 3.76. The Hall–Kier alpha value is -0.480. The van der Waals surface area contributed by atoms with Gasteiger partial charge in [-0.2, -0.15) is 5.10 Å². The van der Waals surface area contributed by atoms with Gasteiger partial charge in [0.15, 0.2) is 0 Å². The van der Waals surface area contributed by atoms with E-state index >= 15 is 0 Å². The second kappa shape index (κ2) is 6.80. The fourth-order valence-electron chi connectivity index (χ4n) is 3.19. The first-order chi connectivity index (χ1) is 9.13. The predicted octanol–water partition coefficient (Wildman–Crippen LogP) is 3.38. The van der Waals surface area contributed by atoms with Crippen LogP contribution in [0.5, 0.6) is 0 Å². The van der Waals surface area contributed by atoms with Crippen molar-refractivity contribution in [3.63, 3.8) is 0 Å². The van der Waals surface area contributed by atoms with Crippen LogP contribution in [0, 0.1) is 12.8 Å². The van der Waals surface area contributed by atoms with Crippen LogP contribution in [0.1, 0.15) is 44.7 Å². The molecule has 0 radical (unpaired) electrons. The van der Waals surface area contributed by atoms with Crippen LogP contribution in [0.4, 0.5) is 0 Å². The summed E-state index contributed by atoms with van der Waals surface area (Å²) in [4.78, 5) is 0. The summed E-state index contributed by atoms with van der Waals surface area (Å²) in [7, 11) is 4.16. The number of rotatable bonds is 5. The molecule has 1 aliphatic rings. The summed E-state index contributed by atoms with van der Waals surface area (Å²) in [5.41, 5.74) is 1.12. The Kier molecular flexibility index (Phi) is 5.34. The van der Waals surface area contributed by atoms with E-state index in [0.717, 1.165) is 11.6 Å². The van der Waals surface area contributed by atoms with Crippen LogP contribution in [0.2, 0.25) is 0 Å². The molecule has 4 heteroatoms. The maximum atomic E-state index is 4.46. The normalized spacial score (nSPS) is 27.7. The van der Waals surface area contributed by atoms with Crippen molar-refractivity contribution >= 4 is 11.8 Å². The van der Waals surface area contributed by atoms with Gasteiger partial charge in [0.05, 0.1) is 10.7 Å². The summed E-state index contributed by atoms with van der Waals surface area (Å²) >= 11 is 2.01. The van der Waals surface area contributed by atoms with E-state index in [1.807, 2.05) is 16.4 Å². The van der Waals surface area contributed by atoms with E-state index in [4.69, 9.17) is 0 Å². The molecule has 0 aromatic carbocycles. The molecular weight excluding hydrogens is 254 g/mol.